The van der Waals surface area contributed by atoms with Gasteiger partial charge in [0.1, 0.15) is 0 Å². The van der Waals surface area contributed by atoms with Gasteiger partial charge in [-0.3, -0.25) is 0 Å². The van der Waals surface area contributed by atoms with Gasteiger partial charge in [-0.1, -0.05) is 6.92 Å². The van der Waals surface area contributed by atoms with Gasteiger partial charge in [-0.2, -0.15) is 0 Å². The summed E-state index contributed by atoms with van der Waals surface area (Å²) in [5.41, 5.74) is 1.30. The van der Waals surface area contributed by atoms with Crippen LogP contribution >= 0.6 is 12.6 Å². The zero-order valence-electron chi connectivity index (χ0n) is 6.74. The van der Waals surface area contributed by atoms with Crippen molar-refractivity contribution in [3.8, 4) is 0 Å². The van der Waals surface area contributed by atoms with Gasteiger partial charge in [0.05, 0.1) is 5.56 Å². The maximum atomic E-state index is 10.6. The van der Waals surface area contributed by atoms with Crippen LogP contribution in [0.25, 0.3) is 0 Å². The van der Waals surface area contributed by atoms with Crippen LogP contribution in [0.3, 0.4) is 0 Å². The van der Waals surface area contributed by atoms with Crippen molar-refractivity contribution < 1.29 is 9.90 Å². The summed E-state index contributed by atoms with van der Waals surface area (Å²) in [4.78, 5) is 11.3. The van der Waals surface area contributed by atoms with Crippen LogP contribution in [0.1, 0.15) is 22.8 Å². The van der Waals surface area contributed by atoms with Crippen molar-refractivity contribution in [2.24, 2.45) is 0 Å². The van der Waals surface area contributed by atoms with E-state index in [0.717, 1.165) is 12.0 Å². The van der Waals surface area contributed by atoms with Crippen molar-refractivity contribution in [3.63, 3.8) is 0 Å². The van der Waals surface area contributed by atoms with Crippen LogP contribution in [0.4, 0.5) is 0 Å². The van der Waals surface area contributed by atoms with E-state index in [2.05, 4.69) is 12.6 Å². The third-order valence-corrected chi connectivity index (χ3v) is 1.89. The molecule has 3 heteroatoms. The normalized spacial score (nSPS) is 9.83. The third-order valence-electron chi connectivity index (χ3n) is 1.63. The molecular formula is C9H10O2S. The summed E-state index contributed by atoms with van der Waals surface area (Å²) in [6, 6.07) is 5.09. The van der Waals surface area contributed by atoms with Crippen LogP contribution < -0.4 is 0 Å². The fourth-order valence-corrected chi connectivity index (χ4v) is 1.31. The van der Waals surface area contributed by atoms with Gasteiger partial charge >= 0.3 is 5.97 Å². The van der Waals surface area contributed by atoms with Crippen molar-refractivity contribution in [3.05, 3.63) is 29.3 Å². The van der Waals surface area contributed by atoms with Gasteiger partial charge in [0.2, 0.25) is 0 Å². The molecular weight excluding hydrogens is 172 g/mol. The molecule has 0 amide bonds. The first-order valence-electron chi connectivity index (χ1n) is 3.69. The first kappa shape index (κ1) is 9.13. The lowest BCUT2D eigenvalue weighted by Gasteiger charge is -2.00. The molecule has 0 spiro atoms. The molecule has 12 heavy (non-hydrogen) atoms. The van der Waals surface area contributed by atoms with Gasteiger partial charge in [-0.15, -0.1) is 12.6 Å². The fraction of sp³-hybridized carbons (Fsp3) is 0.222. The lowest BCUT2D eigenvalue weighted by Crippen LogP contribution is -1.97. The molecule has 0 heterocycles. The van der Waals surface area contributed by atoms with Crippen LogP contribution in [0.5, 0.6) is 0 Å². The molecule has 1 aromatic rings. The predicted octanol–water partition coefficient (Wildman–Crippen LogP) is 2.24. The second-order valence-electron chi connectivity index (χ2n) is 2.55. The number of carboxylic acids is 1. The zero-order chi connectivity index (χ0) is 9.14. The Morgan fingerprint density at radius 2 is 2.17 bits per heavy atom. The summed E-state index contributed by atoms with van der Waals surface area (Å²) in [6.07, 6.45) is 0.828. The summed E-state index contributed by atoms with van der Waals surface area (Å²) in [5.74, 6) is -0.902. The number of aromatic carboxylic acids is 1. The molecule has 1 rings (SSSR count). The van der Waals surface area contributed by atoms with Crippen LogP contribution in [0.2, 0.25) is 0 Å². The van der Waals surface area contributed by atoms with E-state index in [1.807, 2.05) is 13.0 Å². The first-order chi connectivity index (χ1) is 5.63. The maximum Gasteiger partial charge on any atom is 0.335 e. The highest BCUT2D eigenvalue weighted by atomic mass is 32.1. The molecule has 0 aliphatic rings. The van der Waals surface area contributed by atoms with Gasteiger partial charge in [0, 0.05) is 4.90 Å². The Morgan fingerprint density at radius 1 is 1.50 bits per heavy atom. The lowest BCUT2D eigenvalue weighted by atomic mass is 10.1. The van der Waals surface area contributed by atoms with Gasteiger partial charge in [0.25, 0.3) is 0 Å². The third kappa shape index (κ3) is 2.01. The summed E-state index contributed by atoms with van der Waals surface area (Å²) in [7, 11) is 0. The smallest absolute Gasteiger partial charge is 0.335 e. The summed E-state index contributed by atoms with van der Waals surface area (Å²) in [5, 5.41) is 8.70. The fourth-order valence-electron chi connectivity index (χ4n) is 1.00. The van der Waals surface area contributed by atoms with Crippen molar-refractivity contribution in [1.82, 2.24) is 0 Å². The summed E-state index contributed by atoms with van der Waals surface area (Å²) in [6.45, 7) is 1.98. The highest BCUT2D eigenvalue weighted by Crippen LogP contribution is 2.13. The topological polar surface area (TPSA) is 37.3 Å². The van der Waals surface area contributed by atoms with Gasteiger partial charge in [-0.25, -0.2) is 4.79 Å². The zero-order valence-corrected chi connectivity index (χ0v) is 7.64. The summed E-state index contributed by atoms with van der Waals surface area (Å²) >= 11 is 4.11. The van der Waals surface area contributed by atoms with Gasteiger partial charge in [0.15, 0.2) is 0 Å². The molecule has 0 saturated carbocycles. The molecule has 0 aromatic heterocycles. The lowest BCUT2D eigenvalue weighted by molar-refractivity contribution is 0.0696. The van der Waals surface area contributed by atoms with Gasteiger partial charge in [-0.05, 0) is 30.2 Å². The van der Waals surface area contributed by atoms with E-state index in [1.54, 1.807) is 12.1 Å². The number of rotatable bonds is 2. The second-order valence-corrected chi connectivity index (χ2v) is 3.06. The largest absolute Gasteiger partial charge is 0.478 e. The Kier molecular flexibility index (Phi) is 2.76. The van der Waals surface area contributed by atoms with E-state index >= 15 is 0 Å². The minimum atomic E-state index is -0.902. The number of carbonyl (C=O) groups is 1. The quantitative estimate of drug-likeness (QED) is 0.688. The molecule has 0 aliphatic heterocycles. The molecule has 0 unspecified atom stereocenters. The van der Waals surface area contributed by atoms with Crippen molar-refractivity contribution >= 4 is 18.6 Å². The molecule has 0 fully saturated rings. The number of hydrogen-bond donors (Lipinski definition) is 2. The number of aryl methyl sites for hydroxylation is 1. The molecule has 0 bridgehead atoms. The second kappa shape index (κ2) is 3.63. The van der Waals surface area contributed by atoms with Crippen LogP contribution in [0, 0.1) is 0 Å². The van der Waals surface area contributed by atoms with E-state index < -0.39 is 5.97 Å². The molecule has 2 nitrogen and oxygen atoms in total. The van der Waals surface area contributed by atoms with Crippen LogP contribution in [0.15, 0.2) is 23.1 Å². The van der Waals surface area contributed by atoms with Crippen molar-refractivity contribution in [2.45, 2.75) is 18.2 Å². The Hall–Kier alpha value is -0.960. The minimum absolute atomic E-state index is 0.305. The van der Waals surface area contributed by atoms with E-state index in [0.29, 0.717) is 10.5 Å². The van der Waals surface area contributed by atoms with Crippen LogP contribution in [-0.4, -0.2) is 11.1 Å². The van der Waals surface area contributed by atoms with Crippen molar-refractivity contribution in [2.75, 3.05) is 0 Å². The first-order valence-corrected chi connectivity index (χ1v) is 4.14. The molecule has 0 saturated heterocycles. The van der Waals surface area contributed by atoms with E-state index in [-0.39, 0.29) is 0 Å². The van der Waals surface area contributed by atoms with E-state index in [9.17, 15) is 4.79 Å². The average Bonchev–Trinajstić information content (AvgIpc) is 2.03. The molecule has 64 valence electrons. The maximum absolute atomic E-state index is 10.6. The van der Waals surface area contributed by atoms with E-state index in [4.69, 9.17) is 5.11 Å². The Bertz CT molecular complexity index is 307. The molecule has 0 radical (unpaired) electrons. The Balaban J connectivity index is 3.15. The number of thiol groups is 1. The molecule has 0 atom stereocenters. The molecule has 0 aliphatic carbocycles. The van der Waals surface area contributed by atoms with Crippen LogP contribution in [-0.2, 0) is 6.42 Å². The molecule has 1 N–H and O–H groups in total. The van der Waals surface area contributed by atoms with Crippen molar-refractivity contribution in [1.29, 1.82) is 0 Å². The monoisotopic (exact) mass is 182 g/mol. The number of benzene rings is 1. The molecule has 1 aromatic carbocycles. The minimum Gasteiger partial charge on any atom is -0.478 e. The Morgan fingerprint density at radius 3 is 2.67 bits per heavy atom. The van der Waals surface area contributed by atoms with Gasteiger partial charge < -0.3 is 5.11 Å². The number of carboxylic acid groups (broad SMARTS) is 1. The highest BCUT2D eigenvalue weighted by molar-refractivity contribution is 7.80. The standard InChI is InChI=1S/C9H10O2S/c1-2-6-3-7(9(10)11)5-8(12)4-6/h3-5,12H,2H2,1H3,(H,10,11). The van der Waals surface area contributed by atoms with E-state index in [1.165, 1.54) is 0 Å². The SMILES string of the molecule is CCc1cc(S)cc(C(=O)O)c1. The predicted molar refractivity (Wildman–Crippen MR) is 50.0 cm³/mol. The average molecular weight is 182 g/mol. The summed E-state index contributed by atoms with van der Waals surface area (Å²) < 4.78 is 0. The highest BCUT2D eigenvalue weighted by Gasteiger charge is 2.03. The number of hydrogen-bond acceptors (Lipinski definition) is 2. The Labute approximate surface area is 76.6 Å².